The van der Waals surface area contributed by atoms with E-state index in [9.17, 15) is 0 Å². The molecule has 114 valence electrons. The number of hydrogen-bond acceptors (Lipinski definition) is 3. The lowest BCUT2D eigenvalue weighted by atomic mass is 9.79. The third-order valence-corrected chi connectivity index (χ3v) is 4.32. The largest absolute Gasteiger partial charge is 0.389 e. The van der Waals surface area contributed by atoms with Crippen molar-refractivity contribution < 1.29 is 4.84 Å². The summed E-state index contributed by atoms with van der Waals surface area (Å²) in [6.45, 7) is 5.02. The Balaban J connectivity index is 1.71. The third kappa shape index (κ3) is 2.95. The maximum Gasteiger partial charge on any atom is 0.155 e. The van der Waals surface area contributed by atoms with Gasteiger partial charge in [0.15, 0.2) is 6.10 Å². The van der Waals surface area contributed by atoms with E-state index in [0.717, 1.165) is 22.0 Å². The van der Waals surface area contributed by atoms with Gasteiger partial charge in [0.05, 0.1) is 17.7 Å². The minimum absolute atomic E-state index is 0.0154. The fourth-order valence-electron chi connectivity index (χ4n) is 2.61. The van der Waals surface area contributed by atoms with Crippen molar-refractivity contribution in [2.75, 3.05) is 11.9 Å². The summed E-state index contributed by atoms with van der Waals surface area (Å²) in [4.78, 5) is 5.68. The lowest BCUT2D eigenvalue weighted by Gasteiger charge is -2.26. The highest BCUT2D eigenvalue weighted by Gasteiger charge is 2.42. The van der Waals surface area contributed by atoms with Crippen molar-refractivity contribution in [2.24, 2.45) is 10.6 Å². The molecule has 0 saturated carbocycles. The van der Waals surface area contributed by atoms with E-state index >= 15 is 0 Å². The highest BCUT2D eigenvalue weighted by molar-refractivity contribution is 6.30. The SMILES string of the molecule is CC1(C)C(c2ccc(Cl)cc2)=NOC1CNc1ccccc1. The zero-order valence-corrected chi connectivity index (χ0v) is 13.5. The van der Waals surface area contributed by atoms with Gasteiger partial charge in [0, 0.05) is 16.3 Å². The molecule has 0 saturated heterocycles. The Morgan fingerprint density at radius 2 is 1.77 bits per heavy atom. The highest BCUT2D eigenvalue weighted by Crippen LogP contribution is 2.35. The van der Waals surface area contributed by atoms with Crippen molar-refractivity contribution in [2.45, 2.75) is 20.0 Å². The smallest absolute Gasteiger partial charge is 0.155 e. The predicted molar refractivity (Wildman–Crippen MR) is 91.6 cm³/mol. The Morgan fingerprint density at radius 1 is 1.09 bits per heavy atom. The topological polar surface area (TPSA) is 33.6 Å². The number of halogens is 1. The van der Waals surface area contributed by atoms with Crippen molar-refractivity contribution >= 4 is 23.0 Å². The summed E-state index contributed by atoms with van der Waals surface area (Å²) in [5.74, 6) is 0. The fraction of sp³-hybridized carbons (Fsp3) is 0.278. The first-order chi connectivity index (χ1) is 10.6. The van der Waals surface area contributed by atoms with Gasteiger partial charge in [-0.05, 0) is 24.3 Å². The van der Waals surface area contributed by atoms with Crippen LogP contribution in [0.3, 0.4) is 0 Å². The van der Waals surface area contributed by atoms with Crippen LogP contribution in [0.5, 0.6) is 0 Å². The monoisotopic (exact) mass is 314 g/mol. The van der Waals surface area contributed by atoms with Crippen molar-refractivity contribution in [1.29, 1.82) is 0 Å². The average molecular weight is 315 g/mol. The van der Waals surface area contributed by atoms with Crippen LogP contribution in [0.1, 0.15) is 19.4 Å². The number of benzene rings is 2. The van der Waals surface area contributed by atoms with Crippen LogP contribution in [0.2, 0.25) is 5.02 Å². The quantitative estimate of drug-likeness (QED) is 0.896. The Hall–Kier alpha value is -2.00. The fourth-order valence-corrected chi connectivity index (χ4v) is 2.74. The van der Waals surface area contributed by atoms with Crippen LogP contribution in [0, 0.1) is 5.41 Å². The molecule has 0 fully saturated rings. The predicted octanol–water partition coefficient (Wildman–Crippen LogP) is 4.58. The first-order valence-electron chi connectivity index (χ1n) is 7.36. The normalized spacial score (nSPS) is 19.4. The average Bonchev–Trinajstić information content (AvgIpc) is 2.82. The van der Waals surface area contributed by atoms with E-state index in [4.69, 9.17) is 16.4 Å². The second-order valence-corrected chi connectivity index (χ2v) is 6.45. The molecule has 1 heterocycles. The molecular formula is C18H19ClN2O. The maximum atomic E-state index is 5.95. The standard InChI is InChI=1S/C18H19ClN2O/c1-18(2)16(12-20-15-6-4-3-5-7-15)22-21-17(18)13-8-10-14(19)11-9-13/h3-11,16,20H,12H2,1-2H3. The Labute approximate surface area is 135 Å². The summed E-state index contributed by atoms with van der Waals surface area (Å²) in [6, 6.07) is 17.8. The van der Waals surface area contributed by atoms with E-state index < -0.39 is 0 Å². The molecule has 0 aromatic heterocycles. The molecule has 1 N–H and O–H groups in total. The summed E-state index contributed by atoms with van der Waals surface area (Å²) in [5, 5.41) is 8.44. The van der Waals surface area contributed by atoms with Gasteiger partial charge in [-0.3, -0.25) is 0 Å². The summed E-state index contributed by atoms with van der Waals surface area (Å²) < 4.78 is 0. The van der Waals surface area contributed by atoms with E-state index in [1.54, 1.807) is 0 Å². The van der Waals surface area contributed by atoms with Crippen LogP contribution in [-0.2, 0) is 4.84 Å². The van der Waals surface area contributed by atoms with Crippen molar-refractivity contribution in [1.82, 2.24) is 0 Å². The lowest BCUT2D eigenvalue weighted by Crippen LogP contribution is -2.38. The highest BCUT2D eigenvalue weighted by atomic mass is 35.5. The molecule has 0 amide bonds. The zero-order valence-electron chi connectivity index (χ0n) is 12.7. The molecular weight excluding hydrogens is 296 g/mol. The van der Waals surface area contributed by atoms with Gasteiger partial charge in [-0.15, -0.1) is 0 Å². The third-order valence-electron chi connectivity index (χ3n) is 4.07. The van der Waals surface area contributed by atoms with Gasteiger partial charge < -0.3 is 10.2 Å². The molecule has 2 aromatic rings. The molecule has 0 spiro atoms. The molecule has 1 unspecified atom stereocenters. The molecule has 4 heteroatoms. The van der Waals surface area contributed by atoms with E-state index in [0.29, 0.717) is 6.54 Å². The summed E-state index contributed by atoms with van der Waals surface area (Å²) in [7, 11) is 0. The molecule has 0 aliphatic carbocycles. The van der Waals surface area contributed by atoms with Gasteiger partial charge in [0.25, 0.3) is 0 Å². The second kappa shape index (κ2) is 6.01. The molecule has 1 atom stereocenters. The van der Waals surface area contributed by atoms with Crippen LogP contribution in [0.4, 0.5) is 5.69 Å². The van der Waals surface area contributed by atoms with Gasteiger partial charge in [-0.25, -0.2) is 0 Å². The minimum Gasteiger partial charge on any atom is -0.389 e. The number of rotatable bonds is 4. The van der Waals surface area contributed by atoms with E-state index in [1.807, 2.05) is 54.6 Å². The number of oxime groups is 1. The van der Waals surface area contributed by atoms with Crippen LogP contribution in [0.15, 0.2) is 59.8 Å². The summed E-state index contributed by atoms with van der Waals surface area (Å²) in [5.41, 5.74) is 2.93. The van der Waals surface area contributed by atoms with E-state index in [1.165, 1.54) is 0 Å². The maximum absolute atomic E-state index is 5.95. The summed E-state index contributed by atoms with van der Waals surface area (Å²) >= 11 is 5.95. The van der Waals surface area contributed by atoms with Crippen molar-refractivity contribution in [3.63, 3.8) is 0 Å². The molecule has 0 bridgehead atoms. The minimum atomic E-state index is -0.171. The van der Waals surface area contributed by atoms with E-state index in [-0.39, 0.29) is 11.5 Å². The second-order valence-electron chi connectivity index (χ2n) is 6.01. The number of hydrogen-bond donors (Lipinski definition) is 1. The van der Waals surface area contributed by atoms with Gasteiger partial charge in [0.2, 0.25) is 0 Å². The van der Waals surface area contributed by atoms with Crippen LogP contribution < -0.4 is 5.32 Å². The molecule has 3 rings (SSSR count). The van der Waals surface area contributed by atoms with Gasteiger partial charge >= 0.3 is 0 Å². The first-order valence-corrected chi connectivity index (χ1v) is 7.74. The molecule has 1 aliphatic rings. The van der Waals surface area contributed by atoms with Crippen molar-refractivity contribution in [3.8, 4) is 0 Å². The van der Waals surface area contributed by atoms with Gasteiger partial charge in [0.1, 0.15) is 0 Å². The Morgan fingerprint density at radius 3 is 2.45 bits per heavy atom. The Kier molecular flexibility index (Phi) is 4.08. The van der Waals surface area contributed by atoms with Crippen LogP contribution >= 0.6 is 11.6 Å². The first kappa shape index (κ1) is 14.9. The van der Waals surface area contributed by atoms with Crippen molar-refractivity contribution in [3.05, 3.63) is 65.2 Å². The van der Waals surface area contributed by atoms with Gasteiger partial charge in [-0.1, -0.05) is 60.9 Å². The molecule has 2 aromatic carbocycles. The number of nitrogens with one attached hydrogen (secondary N) is 1. The number of nitrogens with zero attached hydrogens (tertiary/aromatic N) is 1. The number of para-hydroxylation sites is 1. The lowest BCUT2D eigenvalue weighted by molar-refractivity contribution is 0.0465. The Bertz CT molecular complexity index is 665. The zero-order chi connectivity index (χ0) is 15.6. The molecule has 22 heavy (non-hydrogen) atoms. The molecule has 0 radical (unpaired) electrons. The molecule has 1 aliphatic heterocycles. The molecule has 3 nitrogen and oxygen atoms in total. The van der Waals surface area contributed by atoms with Crippen LogP contribution in [-0.4, -0.2) is 18.4 Å². The van der Waals surface area contributed by atoms with Crippen LogP contribution in [0.25, 0.3) is 0 Å². The summed E-state index contributed by atoms with van der Waals surface area (Å²) in [6.07, 6.45) is -0.0154. The van der Waals surface area contributed by atoms with E-state index in [2.05, 4.69) is 24.3 Å². The van der Waals surface area contributed by atoms with Gasteiger partial charge in [-0.2, -0.15) is 0 Å². The number of anilines is 1.